The van der Waals surface area contributed by atoms with Gasteiger partial charge in [0.1, 0.15) is 0 Å². The van der Waals surface area contributed by atoms with Crippen molar-refractivity contribution >= 4 is 17.8 Å². The maximum atomic E-state index is 12.4. The second-order valence-electron chi connectivity index (χ2n) is 8.22. The third-order valence-electron chi connectivity index (χ3n) is 6.19. The van der Waals surface area contributed by atoms with Gasteiger partial charge in [0.05, 0.1) is 17.7 Å². The van der Waals surface area contributed by atoms with Crippen LogP contribution < -0.4 is 5.32 Å². The molecule has 1 unspecified atom stereocenters. The molecule has 29 heavy (non-hydrogen) atoms. The Morgan fingerprint density at radius 3 is 2.59 bits per heavy atom. The third kappa shape index (κ3) is 4.01. The summed E-state index contributed by atoms with van der Waals surface area (Å²) in [5.41, 5.74) is 1.34. The molecule has 1 N–H and O–H groups in total. The molecule has 1 aromatic rings. The van der Waals surface area contributed by atoms with Crippen molar-refractivity contribution in [2.24, 2.45) is 10.4 Å². The van der Waals surface area contributed by atoms with Gasteiger partial charge < -0.3 is 15.0 Å². The molecule has 0 radical (unpaired) electrons. The number of likely N-dealkylation sites (tertiary alicyclic amines) is 1. The molecule has 2 fully saturated rings. The van der Waals surface area contributed by atoms with Gasteiger partial charge in [-0.25, -0.2) is 0 Å². The van der Waals surface area contributed by atoms with E-state index < -0.39 is 0 Å². The van der Waals surface area contributed by atoms with E-state index in [1.54, 1.807) is 24.3 Å². The van der Waals surface area contributed by atoms with E-state index in [9.17, 15) is 9.59 Å². The summed E-state index contributed by atoms with van der Waals surface area (Å²) in [7, 11) is 0. The Balaban J connectivity index is 1.27. The predicted molar refractivity (Wildman–Crippen MR) is 111 cm³/mol. The van der Waals surface area contributed by atoms with Gasteiger partial charge in [-0.05, 0) is 44.7 Å². The first-order valence-corrected chi connectivity index (χ1v) is 10.7. The van der Waals surface area contributed by atoms with Crippen molar-refractivity contribution < 1.29 is 14.3 Å². The van der Waals surface area contributed by atoms with E-state index in [1.165, 1.54) is 4.90 Å². The van der Waals surface area contributed by atoms with Gasteiger partial charge in [0.2, 0.25) is 0 Å². The number of fused-ring (bicyclic) bond motifs is 1. The second kappa shape index (κ2) is 8.53. The SMILES string of the molecule is CCNC(=NCCCCN1C(=O)c2ccccc2C1=O)N1CCC2(CCOC2)C1. The molecule has 2 saturated heterocycles. The Labute approximate surface area is 172 Å². The van der Waals surface area contributed by atoms with Crippen LogP contribution in [0.5, 0.6) is 0 Å². The van der Waals surface area contributed by atoms with Gasteiger partial charge in [0.25, 0.3) is 11.8 Å². The number of nitrogens with one attached hydrogen (secondary N) is 1. The normalized spacial score (nSPS) is 24.1. The van der Waals surface area contributed by atoms with Crippen LogP contribution in [0.1, 0.15) is 53.3 Å². The predicted octanol–water partition coefficient (Wildman–Crippen LogP) is 2.14. The highest BCUT2D eigenvalue weighted by atomic mass is 16.5. The Bertz CT molecular complexity index is 766. The minimum absolute atomic E-state index is 0.177. The van der Waals surface area contributed by atoms with Crippen LogP contribution in [0.4, 0.5) is 0 Å². The zero-order valence-electron chi connectivity index (χ0n) is 17.2. The zero-order valence-corrected chi connectivity index (χ0v) is 17.2. The smallest absolute Gasteiger partial charge is 0.261 e. The number of rotatable bonds is 6. The number of carbonyl (C=O) groups is 2. The fourth-order valence-electron chi connectivity index (χ4n) is 4.52. The number of aliphatic imine (C=N–C) groups is 1. The molecule has 3 aliphatic heterocycles. The first kappa shape index (κ1) is 19.9. The van der Waals surface area contributed by atoms with E-state index in [-0.39, 0.29) is 11.8 Å². The van der Waals surface area contributed by atoms with Crippen LogP contribution in [0.3, 0.4) is 0 Å². The van der Waals surface area contributed by atoms with E-state index in [0.29, 0.717) is 29.6 Å². The van der Waals surface area contributed by atoms with E-state index in [0.717, 1.165) is 64.5 Å². The minimum Gasteiger partial charge on any atom is -0.381 e. The molecule has 7 heteroatoms. The number of ether oxygens (including phenoxy) is 1. The molecule has 4 rings (SSSR count). The largest absolute Gasteiger partial charge is 0.381 e. The van der Waals surface area contributed by atoms with Gasteiger partial charge in [-0.15, -0.1) is 0 Å². The van der Waals surface area contributed by atoms with Gasteiger partial charge in [0, 0.05) is 44.7 Å². The molecule has 156 valence electrons. The van der Waals surface area contributed by atoms with Crippen LogP contribution >= 0.6 is 0 Å². The Kier molecular flexibility index (Phi) is 5.85. The van der Waals surface area contributed by atoms with Crippen molar-refractivity contribution in [3.63, 3.8) is 0 Å². The number of guanidine groups is 1. The lowest BCUT2D eigenvalue weighted by molar-refractivity contribution is 0.0652. The zero-order chi connectivity index (χ0) is 20.3. The van der Waals surface area contributed by atoms with Gasteiger partial charge in [-0.1, -0.05) is 12.1 Å². The molecule has 0 aromatic heterocycles. The van der Waals surface area contributed by atoms with Crippen LogP contribution in [-0.2, 0) is 4.74 Å². The number of unbranched alkanes of at least 4 members (excludes halogenated alkanes) is 1. The molecule has 0 saturated carbocycles. The first-order chi connectivity index (χ1) is 14.1. The maximum Gasteiger partial charge on any atom is 0.261 e. The van der Waals surface area contributed by atoms with Crippen LogP contribution in [0.25, 0.3) is 0 Å². The van der Waals surface area contributed by atoms with Crippen molar-refractivity contribution in [3.05, 3.63) is 35.4 Å². The number of benzene rings is 1. The van der Waals surface area contributed by atoms with E-state index in [2.05, 4.69) is 17.1 Å². The molecule has 2 amide bonds. The second-order valence-corrected chi connectivity index (χ2v) is 8.22. The molecule has 0 aliphatic carbocycles. The molecule has 1 atom stereocenters. The van der Waals surface area contributed by atoms with Gasteiger partial charge in [-0.2, -0.15) is 0 Å². The van der Waals surface area contributed by atoms with Crippen molar-refractivity contribution in [1.29, 1.82) is 0 Å². The standard InChI is InChI=1S/C22H30N4O3/c1-2-23-21(25-13-9-22(15-25)10-14-29-16-22)24-11-5-6-12-26-19(27)17-7-3-4-8-18(17)20(26)28/h3-4,7-8H,2,5-6,9-16H2,1H3,(H,23,24). The van der Waals surface area contributed by atoms with Gasteiger partial charge in [0.15, 0.2) is 5.96 Å². The summed E-state index contributed by atoms with van der Waals surface area (Å²) in [5, 5.41) is 3.41. The van der Waals surface area contributed by atoms with E-state index in [4.69, 9.17) is 9.73 Å². The highest BCUT2D eigenvalue weighted by molar-refractivity contribution is 6.21. The lowest BCUT2D eigenvalue weighted by atomic mass is 9.87. The van der Waals surface area contributed by atoms with E-state index in [1.807, 2.05) is 0 Å². The summed E-state index contributed by atoms with van der Waals surface area (Å²) in [6.45, 7) is 7.82. The monoisotopic (exact) mass is 398 g/mol. The van der Waals surface area contributed by atoms with Crippen molar-refractivity contribution in [2.45, 2.75) is 32.6 Å². The summed E-state index contributed by atoms with van der Waals surface area (Å²) in [5.74, 6) is 0.615. The molecule has 1 aromatic carbocycles. The molecular weight excluding hydrogens is 368 g/mol. The molecule has 1 spiro atoms. The minimum atomic E-state index is -0.177. The molecule has 7 nitrogen and oxygen atoms in total. The molecule has 0 bridgehead atoms. The fraction of sp³-hybridized carbons (Fsp3) is 0.591. The first-order valence-electron chi connectivity index (χ1n) is 10.7. The summed E-state index contributed by atoms with van der Waals surface area (Å²) >= 11 is 0. The average molecular weight is 399 g/mol. The Morgan fingerprint density at radius 2 is 1.93 bits per heavy atom. The van der Waals surface area contributed by atoms with Crippen molar-refractivity contribution in [1.82, 2.24) is 15.1 Å². The lowest BCUT2D eigenvalue weighted by Gasteiger charge is -2.25. The lowest BCUT2D eigenvalue weighted by Crippen LogP contribution is -2.41. The highest BCUT2D eigenvalue weighted by Gasteiger charge is 2.42. The van der Waals surface area contributed by atoms with E-state index >= 15 is 0 Å². The Morgan fingerprint density at radius 1 is 1.17 bits per heavy atom. The summed E-state index contributed by atoms with van der Waals surface area (Å²) in [4.78, 5) is 33.3. The number of nitrogens with zero attached hydrogens (tertiary/aromatic N) is 3. The summed E-state index contributed by atoms with van der Waals surface area (Å²) < 4.78 is 5.63. The number of imide groups is 1. The maximum absolute atomic E-state index is 12.4. The van der Waals surface area contributed by atoms with Gasteiger partial charge in [-0.3, -0.25) is 19.5 Å². The quantitative estimate of drug-likeness (QED) is 0.344. The van der Waals surface area contributed by atoms with Crippen molar-refractivity contribution in [3.8, 4) is 0 Å². The summed E-state index contributed by atoms with van der Waals surface area (Å²) in [6, 6.07) is 7.04. The highest BCUT2D eigenvalue weighted by Crippen LogP contribution is 2.38. The Hall–Kier alpha value is -2.41. The van der Waals surface area contributed by atoms with Gasteiger partial charge >= 0.3 is 0 Å². The van der Waals surface area contributed by atoms with Crippen LogP contribution in [0.2, 0.25) is 0 Å². The molecular formula is C22H30N4O3. The average Bonchev–Trinajstić information content (AvgIpc) is 3.43. The molecule has 3 aliphatic rings. The third-order valence-corrected chi connectivity index (χ3v) is 6.19. The van der Waals surface area contributed by atoms with Crippen LogP contribution in [0, 0.1) is 5.41 Å². The topological polar surface area (TPSA) is 74.2 Å². The fourth-order valence-corrected chi connectivity index (χ4v) is 4.52. The summed E-state index contributed by atoms with van der Waals surface area (Å²) in [6.07, 6.45) is 3.90. The van der Waals surface area contributed by atoms with Crippen molar-refractivity contribution in [2.75, 3.05) is 45.9 Å². The number of amides is 2. The number of hydrogen-bond donors (Lipinski definition) is 1. The van der Waals surface area contributed by atoms with Crippen LogP contribution in [0.15, 0.2) is 29.3 Å². The number of carbonyl (C=O) groups excluding carboxylic acids is 2. The van der Waals surface area contributed by atoms with Crippen LogP contribution in [-0.4, -0.2) is 73.5 Å². The molecule has 3 heterocycles. The number of hydrogen-bond acceptors (Lipinski definition) is 4.